The molecule has 10 nitrogen and oxygen atoms in total. The van der Waals surface area contributed by atoms with Gasteiger partial charge in [0.2, 0.25) is 0 Å². The van der Waals surface area contributed by atoms with Gasteiger partial charge in [0.05, 0.1) is 19.6 Å². The summed E-state index contributed by atoms with van der Waals surface area (Å²) >= 11 is 0. The number of hydrogen-bond donors (Lipinski definition) is 2. The molecule has 0 bridgehead atoms. The number of aromatic nitrogens is 2. The molecule has 1 aliphatic heterocycles. The smallest absolute Gasteiger partial charge is 0.264 e. The van der Waals surface area contributed by atoms with E-state index in [4.69, 9.17) is 14.3 Å². The van der Waals surface area contributed by atoms with Crippen molar-refractivity contribution in [1.82, 2.24) is 20.7 Å². The van der Waals surface area contributed by atoms with Gasteiger partial charge in [0.15, 0.2) is 5.76 Å². The first-order valence-electron chi connectivity index (χ1n) is 11.9. The summed E-state index contributed by atoms with van der Waals surface area (Å²) in [6.45, 7) is 6.88. The Balaban J connectivity index is 0.000000803. The van der Waals surface area contributed by atoms with Crippen molar-refractivity contribution < 1.29 is 19.1 Å². The van der Waals surface area contributed by atoms with Gasteiger partial charge in [-0.15, -0.1) is 0 Å². The van der Waals surface area contributed by atoms with Crippen LogP contribution in [0.4, 0.5) is 5.82 Å². The lowest BCUT2D eigenvalue weighted by atomic mass is 10.2. The fourth-order valence-corrected chi connectivity index (χ4v) is 3.41. The second-order valence-electron chi connectivity index (χ2n) is 7.56. The lowest BCUT2D eigenvalue weighted by Crippen LogP contribution is -2.40. The standard InChI is InChI=1S/C21H26N6O3.C2H4O.C2H6/c1-29-18-6-5-17-16(11-19(18)30-2)21(23-13-22-17)27-9-7-15(8-10-27)26-24-12-20(28)25-14-3-4-14;1-2-3;1-2/h5,7,11-14,26H,3-4,6,8-10H2,1-2H3,(H,25,28);2H,1H3;1-2H3/b24-12+;;. The van der Waals surface area contributed by atoms with E-state index < -0.39 is 0 Å². The maximum absolute atomic E-state index is 11.7. The van der Waals surface area contributed by atoms with Crippen LogP contribution in [0, 0.1) is 0 Å². The van der Waals surface area contributed by atoms with Crippen LogP contribution in [0.15, 0.2) is 34.7 Å². The van der Waals surface area contributed by atoms with Crippen LogP contribution in [-0.2, 0) is 19.1 Å². The highest BCUT2D eigenvalue weighted by molar-refractivity contribution is 6.26. The van der Waals surface area contributed by atoms with Crippen LogP contribution in [0.1, 0.15) is 46.5 Å². The minimum atomic E-state index is -0.157. The van der Waals surface area contributed by atoms with Crippen molar-refractivity contribution in [1.29, 1.82) is 0 Å². The van der Waals surface area contributed by atoms with E-state index in [1.165, 1.54) is 13.1 Å². The van der Waals surface area contributed by atoms with Gasteiger partial charge in [-0.3, -0.25) is 10.2 Å². The fraction of sp³-hybridized carbons (Fsp3) is 0.480. The Labute approximate surface area is 206 Å². The van der Waals surface area contributed by atoms with Gasteiger partial charge < -0.3 is 24.5 Å². The molecule has 0 aromatic carbocycles. The number of nitrogens with one attached hydrogen (secondary N) is 2. The molecular formula is C25H36N6O4. The van der Waals surface area contributed by atoms with Gasteiger partial charge in [-0.25, -0.2) is 9.97 Å². The van der Waals surface area contributed by atoms with Crippen molar-refractivity contribution in [3.63, 3.8) is 0 Å². The summed E-state index contributed by atoms with van der Waals surface area (Å²) in [4.78, 5) is 31.6. The molecule has 0 atom stereocenters. The minimum Gasteiger partial charge on any atom is -0.497 e. The quantitative estimate of drug-likeness (QED) is 0.336. The Morgan fingerprint density at radius 3 is 2.54 bits per heavy atom. The highest BCUT2D eigenvalue weighted by atomic mass is 16.5. The molecule has 35 heavy (non-hydrogen) atoms. The van der Waals surface area contributed by atoms with E-state index in [-0.39, 0.29) is 5.91 Å². The van der Waals surface area contributed by atoms with Crippen LogP contribution in [0.25, 0.3) is 12.2 Å². The summed E-state index contributed by atoms with van der Waals surface area (Å²) < 4.78 is 11.0. The number of amides is 1. The second-order valence-corrected chi connectivity index (χ2v) is 7.56. The Hall–Kier alpha value is -3.69. The van der Waals surface area contributed by atoms with Crippen LogP contribution < -0.4 is 26.2 Å². The van der Waals surface area contributed by atoms with E-state index in [0.29, 0.717) is 24.8 Å². The van der Waals surface area contributed by atoms with E-state index >= 15 is 0 Å². The third kappa shape index (κ3) is 8.24. The van der Waals surface area contributed by atoms with Crippen molar-refractivity contribution in [3.8, 4) is 0 Å². The summed E-state index contributed by atoms with van der Waals surface area (Å²) in [5, 5.41) is 8.70. The Morgan fingerprint density at radius 2 is 1.94 bits per heavy atom. The van der Waals surface area contributed by atoms with Gasteiger partial charge in [-0.1, -0.05) is 19.9 Å². The first-order chi connectivity index (χ1) is 17.1. The third-order valence-corrected chi connectivity index (χ3v) is 5.21. The number of nitrogens with zero attached hydrogens (tertiary/aromatic N) is 4. The number of methoxy groups -OCH3 is 2. The van der Waals surface area contributed by atoms with Crippen LogP contribution >= 0.6 is 0 Å². The molecule has 190 valence electrons. The number of hydrazone groups is 1. The van der Waals surface area contributed by atoms with Crippen molar-refractivity contribution in [2.75, 3.05) is 32.2 Å². The van der Waals surface area contributed by atoms with E-state index in [1.54, 1.807) is 20.5 Å². The summed E-state index contributed by atoms with van der Waals surface area (Å²) in [7, 11) is 3.27. The molecule has 2 heterocycles. The van der Waals surface area contributed by atoms with Crippen LogP contribution in [0.3, 0.4) is 0 Å². The van der Waals surface area contributed by atoms with Gasteiger partial charge in [0.1, 0.15) is 30.4 Å². The predicted octanol–water partition coefficient (Wildman–Crippen LogP) is 1.13. The van der Waals surface area contributed by atoms with E-state index in [2.05, 4.69) is 36.8 Å². The van der Waals surface area contributed by atoms with Crippen molar-refractivity contribution >= 4 is 36.4 Å². The highest BCUT2D eigenvalue weighted by Crippen LogP contribution is 2.18. The average molecular weight is 485 g/mol. The van der Waals surface area contributed by atoms with E-state index in [1.807, 2.05) is 26.0 Å². The summed E-state index contributed by atoms with van der Waals surface area (Å²) in [6, 6.07) is 0.330. The van der Waals surface area contributed by atoms with Gasteiger partial charge in [0.25, 0.3) is 5.91 Å². The summed E-state index contributed by atoms with van der Waals surface area (Å²) in [5.41, 5.74) is 3.96. The second kappa shape index (κ2) is 14.5. The van der Waals surface area contributed by atoms with Gasteiger partial charge in [-0.2, -0.15) is 5.10 Å². The minimum absolute atomic E-state index is 0.157. The molecule has 0 unspecified atom stereocenters. The zero-order valence-corrected chi connectivity index (χ0v) is 21.2. The number of anilines is 1. The molecule has 3 aliphatic rings. The highest BCUT2D eigenvalue weighted by Gasteiger charge is 2.22. The SMILES string of the molecule is CC.CC=O.COC1=C(OC)CC=c2ncnc(N3CC=C(N/N=C/C(=O)NC4CC4)CC3)c2=C1. The number of allylic oxidation sites excluding steroid dienone is 2. The number of aldehydes is 1. The zero-order chi connectivity index (χ0) is 25.6. The Kier molecular flexibility index (Phi) is 11.5. The first kappa shape index (κ1) is 27.6. The van der Waals surface area contributed by atoms with Crippen molar-refractivity contribution in [2.45, 2.75) is 52.5 Å². The number of rotatable bonds is 7. The predicted molar refractivity (Wildman–Crippen MR) is 137 cm³/mol. The van der Waals surface area contributed by atoms with Gasteiger partial charge >= 0.3 is 0 Å². The lowest BCUT2D eigenvalue weighted by molar-refractivity contribution is -0.114. The van der Waals surface area contributed by atoms with Crippen LogP contribution in [-0.4, -0.2) is 61.7 Å². The number of carbonyl (C=O) groups is 2. The maximum Gasteiger partial charge on any atom is 0.264 e. The van der Waals surface area contributed by atoms with E-state index in [0.717, 1.165) is 59.9 Å². The first-order valence-corrected chi connectivity index (χ1v) is 11.9. The molecule has 1 aromatic rings. The summed E-state index contributed by atoms with van der Waals surface area (Å²) in [5.74, 6) is 2.13. The molecule has 0 saturated heterocycles. The third-order valence-electron chi connectivity index (χ3n) is 5.21. The average Bonchev–Trinajstić information content (AvgIpc) is 3.71. The molecule has 1 fully saturated rings. The van der Waals surface area contributed by atoms with E-state index in [9.17, 15) is 4.79 Å². The molecule has 1 amide bonds. The molecule has 2 aliphatic carbocycles. The van der Waals surface area contributed by atoms with Crippen LogP contribution in [0.5, 0.6) is 0 Å². The molecule has 1 aromatic heterocycles. The zero-order valence-electron chi connectivity index (χ0n) is 21.2. The number of fused-ring (bicyclic) bond motifs is 1. The molecule has 10 heteroatoms. The Morgan fingerprint density at radius 1 is 1.20 bits per heavy atom. The van der Waals surface area contributed by atoms with Crippen molar-refractivity contribution in [2.24, 2.45) is 5.10 Å². The van der Waals surface area contributed by atoms with Crippen LogP contribution in [0.2, 0.25) is 0 Å². The monoisotopic (exact) mass is 484 g/mol. The molecule has 2 N–H and O–H groups in total. The van der Waals surface area contributed by atoms with Gasteiger partial charge in [0, 0.05) is 42.9 Å². The lowest BCUT2D eigenvalue weighted by Gasteiger charge is -2.27. The Bertz CT molecular complexity index is 1080. The number of carbonyl (C=O) groups excluding carboxylic acids is 2. The molecule has 4 rings (SSSR count). The number of ether oxygens (including phenoxy) is 2. The molecule has 0 radical (unpaired) electrons. The molecule has 1 saturated carbocycles. The van der Waals surface area contributed by atoms with Gasteiger partial charge in [-0.05, 0) is 31.9 Å². The van der Waals surface area contributed by atoms with Crippen molar-refractivity contribution in [3.05, 3.63) is 40.2 Å². The largest absolute Gasteiger partial charge is 0.497 e. The number of hydrogen-bond acceptors (Lipinski definition) is 9. The topological polar surface area (TPSA) is 118 Å². The maximum atomic E-state index is 11.7. The fourth-order valence-electron chi connectivity index (χ4n) is 3.41. The summed E-state index contributed by atoms with van der Waals surface area (Å²) in [6.07, 6.45) is 13.1. The molecule has 0 spiro atoms. The molecular weight excluding hydrogens is 448 g/mol. The normalized spacial score (nSPS) is 16.5.